The van der Waals surface area contributed by atoms with Gasteiger partial charge in [0.05, 0.1) is 21.2 Å². The second kappa shape index (κ2) is 5.71. The van der Waals surface area contributed by atoms with E-state index in [-0.39, 0.29) is 15.5 Å². The Morgan fingerprint density at radius 3 is 2.37 bits per heavy atom. The van der Waals surface area contributed by atoms with E-state index in [4.69, 9.17) is 11.6 Å². The summed E-state index contributed by atoms with van der Waals surface area (Å²) in [5.41, 5.74) is 0.922. The second-order valence-electron chi connectivity index (χ2n) is 4.26. The molecule has 0 saturated carbocycles. The molecule has 0 aliphatic rings. The third kappa shape index (κ3) is 3.78. The van der Waals surface area contributed by atoms with Gasteiger partial charge in [0, 0.05) is 6.26 Å². The first-order chi connectivity index (χ1) is 8.64. The van der Waals surface area contributed by atoms with Crippen LogP contribution in [0.4, 0.5) is 0 Å². The number of rotatable bonds is 3. The van der Waals surface area contributed by atoms with Crippen molar-refractivity contribution in [2.24, 2.45) is 5.16 Å². The molecule has 0 bridgehead atoms. The van der Waals surface area contributed by atoms with Gasteiger partial charge in [-0.05, 0) is 32.4 Å². The number of hydrogen-bond donors (Lipinski definition) is 0. The standard InChI is InChI=1S/C12H14ClNO4S/c1-7(2)14-18-12(15)10-9(19(4,16)17)6-5-8(3)11(10)13/h5-6H,1-4H3. The zero-order valence-corrected chi connectivity index (χ0v) is 12.6. The Morgan fingerprint density at radius 1 is 1.32 bits per heavy atom. The van der Waals surface area contributed by atoms with Crippen molar-refractivity contribution in [2.45, 2.75) is 25.7 Å². The number of sulfone groups is 1. The SMILES string of the molecule is CC(C)=NOC(=O)c1c(S(C)(=O)=O)ccc(C)c1Cl. The van der Waals surface area contributed by atoms with E-state index >= 15 is 0 Å². The fourth-order valence-electron chi connectivity index (χ4n) is 1.34. The lowest BCUT2D eigenvalue weighted by Crippen LogP contribution is -2.11. The van der Waals surface area contributed by atoms with Gasteiger partial charge in [0.2, 0.25) is 0 Å². The Labute approximate surface area is 117 Å². The molecule has 104 valence electrons. The lowest BCUT2D eigenvalue weighted by atomic mass is 10.1. The summed E-state index contributed by atoms with van der Waals surface area (Å²) in [5, 5.41) is 3.56. The Morgan fingerprint density at radius 2 is 1.89 bits per heavy atom. The monoisotopic (exact) mass is 303 g/mol. The molecule has 0 aromatic heterocycles. The average molecular weight is 304 g/mol. The van der Waals surface area contributed by atoms with Crippen molar-refractivity contribution in [2.75, 3.05) is 6.26 Å². The molecule has 0 fully saturated rings. The van der Waals surface area contributed by atoms with Crippen LogP contribution in [0.2, 0.25) is 5.02 Å². The van der Waals surface area contributed by atoms with Crippen molar-refractivity contribution in [3.05, 3.63) is 28.3 Å². The highest BCUT2D eigenvalue weighted by Gasteiger charge is 2.24. The fraction of sp³-hybridized carbons (Fsp3) is 0.333. The minimum Gasteiger partial charge on any atom is -0.313 e. The maximum Gasteiger partial charge on any atom is 0.368 e. The zero-order chi connectivity index (χ0) is 14.8. The number of benzene rings is 1. The smallest absolute Gasteiger partial charge is 0.313 e. The first kappa shape index (κ1) is 15.7. The summed E-state index contributed by atoms with van der Waals surface area (Å²) in [6.45, 7) is 4.95. The number of carbonyl (C=O) groups excluding carboxylic acids is 1. The molecule has 0 spiro atoms. The van der Waals surface area contributed by atoms with Gasteiger partial charge in [-0.15, -0.1) is 0 Å². The highest BCUT2D eigenvalue weighted by molar-refractivity contribution is 7.90. The van der Waals surface area contributed by atoms with Gasteiger partial charge in [-0.2, -0.15) is 0 Å². The van der Waals surface area contributed by atoms with Crippen LogP contribution in [0.3, 0.4) is 0 Å². The largest absolute Gasteiger partial charge is 0.368 e. The predicted octanol–water partition coefficient (Wildman–Crippen LogP) is 2.60. The molecule has 0 N–H and O–H groups in total. The number of nitrogens with zero attached hydrogens (tertiary/aromatic N) is 1. The first-order valence-corrected chi connectivity index (χ1v) is 7.63. The van der Waals surface area contributed by atoms with Crippen molar-refractivity contribution >= 4 is 33.1 Å². The van der Waals surface area contributed by atoms with E-state index < -0.39 is 15.8 Å². The van der Waals surface area contributed by atoms with Crippen molar-refractivity contribution < 1.29 is 18.0 Å². The van der Waals surface area contributed by atoms with Crippen LogP contribution in [0.1, 0.15) is 29.8 Å². The van der Waals surface area contributed by atoms with Crippen LogP contribution in [0.15, 0.2) is 22.2 Å². The number of aryl methyl sites for hydroxylation is 1. The van der Waals surface area contributed by atoms with E-state index in [0.29, 0.717) is 11.3 Å². The van der Waals surface area contributed by atoms with Crippen LogP contribution in [-0.4, -0.2) is 26.4 Å². The molecule has 0 radical (unpaired) electrons. The van der Waals surface area contributed by atoms with E-state index in [9.17, 15) is 13.2 Å². The molecule has 0 saturated heterocycles. The molecule has 0 aliphatic heterocycles. The van der Waals surface area contributed by atoms with Gasteiger partial charge < -0.3 is 4.84 Å². The number of hydrogen-bond acceptors (Lipinski definition) is 5. The van der Waals surface area contributed by atoms with Gasteiger partial charge in [-0.1, -0.05) is 22.8 Å². The van der Waals surface area contributed by atoms with Crippen LogP contribution >= 0.6 is 11.6 Å². The van der Waals surface area contributed by atoms with E-state index in [1.165, 1.54) is 12.1 Å². The second-order valence-corrected chi connectivity index (χ2v) is 6.62. The van der Waals surface area contributed by atoms with Crippen LogP contribution in [-0.2, 0) is 14.7 Å². The third-order valence-electron chi connectivity index (χ3n) is 2.21. The number of carbonyl (C=O) groups is 1. The molecule has 0 heterocycles. The molecule has 0 atom stereocenters. The summed E-state index contributed by atoms with van der Waals surface area (Å²) >= 11 is 6.00. The maximum atomic E-state index is 11.9. The fourth-order valence-corrected chi connectivity index (χ4v) is 2.51. The highest BCUT2D eigenvalue weighted by Crippen LogP contribution is 2.28. The highest BCUT2D eigenvalue weighted by atomic mass is 35.5. The van der Waals surface area contributed by atoms with Gasteiger partial charge >= 0.3 is 5.97 Å². The summed E-state index contributed by atoms with van der Waals surface area (Å²) in [7, 11) is -3.59. The van der Waals surface area contributed by atoms with E-state index in [0.717, 1.165) is 6.26 Å². The van der Waals surface area contributed by atoms with E-state index in [1.807, 2.05) is 0 Å². The van der Waals surface area contributed by atoms with Crippen molar-refractivity contribution in [3.8, 4) is 0 Å². The Bertz CT molecular complexity index is 646. The predicted molar refractivity (Wildman–Crippen MR) is 73.5 cm³/mol. The minimum absolute atomic E-state index is 0.0527. The van der Waals surface area contributed by atoms with Crippen LogP contribution in [0.25, 0.3) is 0 Å². The molecule has 5 nitrogen and oxygen atoms in total. The summed E-state index contributed by atoms with van der Waals surface area (Å²) in [5.74, 6) is -0.893. The molecular formula is C12H14ClNO4S. The molecule has 1 rings (SSSR count). The molecular weight excluding hydrogens is 290 g/mol. The quantitative estimate of drug-likeness (QED) is 0.489. The summed E-state index contributed by atoms with van der Waals surface area (Å²) < 4.78 is 23.3. The van der Waals surface area contributed by atoms with Gasteiger partial charge in [0.25, 0.3) is 0 Å². The van der Waals surface area contributed by atoms with Crippen LogP contribution in [0, 0.1) is 6.92 Å². The maximum absolute atomic E-state index is 11.9. The topological polar surface area (TPSA) is 72.8 Å². The van der Waals surface area contributed by atoms with Gasteiger partial charge in [0.15, 0.2) is 9.84 Å². The minimum atomic E-state index is -3.59. The molecule has 0 aliphatic carbocycles. The van der Waals surface area contributed by atoms with Crippen LogP contribution in [0.5, 0.6) is 0 Å². The molecule has 0 unspecified atom stereocenters. The molecule has 19 heavy (non-hydrogen) atoms. The number of halogens is 1. The lowest BCUT2D eigenvalue weighted by Gasteiger charge is -2.09. The summed E-state index contributed by atoms with van der Waals surface area (Å²) in [6.07, 6.45) is 0.999. The lowest BCUT2D eigenvalue weighted by molar-refractivity contribution is 0.0511. The van der Waals surface area contributed by atoms with E-state index in [2.05, 4.69) is 9.99 Å². The van der Waals surface area contributed by atoms with Gasteiger partial charge in [0.1, 0.15) is 0 Å². The molecule has 0 amide bonds. The van der Waals surface area contributed by atoms with Crippen molar-refractivity contribution in [1.82, 2.24) is 0 Å². The molecule has 1 aromatic rings. The molecule has 7 heteroatoms. The summed E-state index contributed by atoms with van der Waals surface area (Å²) in [4.78, 5) is 16.4. The molecule has 1 aromatic carbocycles. The zero-order valence-electron chi connectivity index (χ0n) is 11.0. The summed E-state index contributed by atoms with van der Waals surface area (Å²) in [6, 6.07) is 2.86. The van der Waals surface area contributed by atoms with E-state index in [1.54, 1.807) is 20.8 Å². The Hall–Kier alpha value is -1.40. The normalized spacial score (nSPS) is 11.0. The average Bonchev–Trinajstić information content (AvgIpc) is 2.27. The van der Waals surface area contributed by atoms with Crippen LogP contribution < -0.4 is 0 Å². The third-order valence-corrected chi connectivity index (χ3v) is 3.84. The Balaban J connectivity index is 3.44. The Kier molecular flexibility index (Phi) is 4.70. The van der Waals surface area contributed by atoms with Gasteiger partial charge in [-0.3, -0.25) is 0 Å². The van der Waals surface area contributed by atoms with Gasteiger partial charge in [-0.25, -0.2) is 13.2 Å². The first-order valence-electron chi connectivity index (χ1n) is 5.36. The van der Waals surface area contributed by atoms with Crippen molar-refractivity contribution in [1.29, 1.82) is 0 Å². The number of oxime groups is 1. The van der Waals surface area contributed by atoms with Crippen molar-refractivity contribution in [3.63, 3.8) is 0 Å².